The van der Waals surface area contributed by atoms with E-state index in [0.717, 1.165) is 29.5 Å². The van der Waals surface area contributed by atoms with Crippen LogP contribution in [-0.2, 0) is 35.5 Å². The number of likely N-dealkylation sites (tertiary alicyclic amines) is 1. The molecule has 9 nitrogen and oxygen atoms in total. The minimum atomic E-state index is -3.96. The third-order valence-electron chi connectivity index (χ3n) is 4.97. The van der Waals surface area contributed by atoms with Crippen molar-refractivity contribution in [1.82, 2.24) is 9.47 Å². The van der Waals surface area contributed by atoms with Crippen molar-refractivity contribution in [3.63, 3.8) is 0 Å². The van der Waals surface area contributed by atoms with Crippen molar-refractivity contribution in [2.75, 3.05) is 31.7 Å². The molecule has 1 aromatic carbocycles. The Morgan fingerprint density at radius 2 is 1.84 bits per heavy atom. The van der Waals surface area contributed by atoms with Crippen molar-refractivity contribution in [3.05, 3.63) is 28.6 Å². The van der Waals surface area contributed by atoms with Crippen LogP contribution >= 0.6 is 11.3 Å². The van der Waals surface area contributed by atoms with Crippen LogP contribution in [0.1, 0.15) is 24.8 Å². The Morgan fingerprint density at radius 1 is 1.13 bits per heavy atom. The summed E-state index contributed by atoms with van der Waals surface area (Å²) >= 11 is 1.18. The molecule has 0 atom stereocenters. The Morgan fingerprint density at radius 3 is 2.52 bits per heavy atom. The lowest BCUT2D eigenvalue weighted by molar-refractivity contribution is -0.141. The van der Waals surface area contributed by atoms with Gasteiger partial charge in [0.1, 0.15) is 18.1 Å². The molecule has 0 aliphatic carbocycles. The normalized spacial score (nSPS) is 15.3. The van der Waals surface area contributed by atoms with Gasteiger partial charge in [0.2, 0.25) is 5.91 Å². The second-order valence-corrected chi connectivity index (χ2v) is 10.6. The quantitative estimate of drug-likeness (QED) is 0.586. The molecule has 1 saturated heterocycles. The van der Waals surface area contributed by atoms with E-state index < -0.39 is 39.1 Å². The van der Waals surface area contributed by atoms with Crippen LogP contribution in [0.2, 0.25) is 0 Å². The molecule has 11 heteroatoms. The first kappa shape index (κ1) is 23.1. The zero-order valence-electron chi connectivity index (χ0n) is 17.5. The van der Waals surface area contributed by atoms with Gasteiger partial charge in [0, 0.05) is 13.1 Å². The highest BCUT2D eigenvalue weighted by Gasteiger charge is 2.25. The maximum absolute atomic E-state index is 12.4. The summed E-state index contributed by atoms with van der Waals surface area (Å²) in [5.74, 6) is -3.45. The monoisotopic (exact) mass is 467 g/mol. The van der Waals surface area contributed by atoms with E-state index in [1.165, 1.54) is 27.9 Å². The molecule has 1 fully saturated rings. The number of carbonyl (C=O) groups excluding carboxylic acids is 3. The standard InChI is InChI=1S/C20H25N3O6S2/c1-14-6-7-15-16(10-14)30-20(23(15)11-19(26)29-2)21-17(24)12-31(27,28)13-18(25)22-8-4-3-5-9-22/h6-7,10H,3-5,8-9,11-13H2,1-2H3. The van der Waals surface area contributed by atoms with Gasteiger partial charge in [-0.3, -0.25) is 14.4 Å². The van der Waals surface area contributed by atoms with Crippen LogP contribution in [0.3, 0.4) is 0 Å². The Labute approximate surface area is 184 Å². The second kappa shape index (κ2) is 9.73. The third kappa shape index (κ3) is 6.01. The van der Waals surface area contributed by atoms with E-state index in [2.05, 4.69) is 4.99 Å². The largest absolute Gasteiger partial charge is 0.468 e. The summed E-state index contributed by atoms with van der Waals surface area (Å²) in [5.41, 5.74) is 1.69. The summed E-state index contributed by atoms with van der Waals surface area (Å²) in [6, 6.07) is 5.57. The lowest BCUT2D eigenvalue weighted by atomic mass is 10.1. The Hall–Kier alpha value is -2.53. The van der Waals surface area contributed by atoms with E-state index in [-0.39, 0.29) is 11.3 Å². The number of ether oxygens (including phenoxy) is 1. The number of esters is 1. The van der Waals surface area contributed by atoms with Crippen LogP contribution in [0.4, 0.5) is 0 Å². The molecular weight excluding hydrogens is 442 g/mol. The van der Waals surface area contributed by atoms with Crippen molar-refractivity contribution in [2.45, 2.75) is 32.7 Å². The highest BCUT2D eigenvalue weighted by atomic mass is 32.2. The van der Waals surface area contributed by atoms with Crippen molar-refractivity contribution >= 4 is 49.2 Å². The zero-order valence-corrected chi connectivity index (χ0v) is 19.1. The number of thiazole rings is 1. The molecule has 0 bridgehead atoms. The molecule has 168 valence electrons. The van der Waals surface area contributed by atoms with Gasteiger partial charge in [-0.2, -0.15) is 4.99 Å². The topological polar surface area (TPSA) is 115 Å². The number of piperidine rings is 1. The number of aryl methyl sites for hydroxylation is 1. The van der Waals surface area contributed by atoms with Gasteiger partial charge in [0.15, 0.2) is 14.6 Å². The fourth-order valence-electron chi connectivity index (χ4n) is 3.41. The number of hydrogen-bond acceptors (Lipinski definition) is 7. The minimum Gasteiger partial charge on any atom is -0.468 e. The first-order valence-corrected chi connectivity index (χ1v) is 12.5. The van der Waals surface area contributed by atoms with Crippen molar-refractivity contribution < 1.29 is 27.5 Å². The van der Waals surface area contributed by atoms with Crippen molar-refractivity contribution in [1.29, 1.82) is 0 Å². The molecule has 31 heavy (non-hydrogen) atoms. The summed E-state index contributed by atoms with van der Waals surface area (Å²) in [6.45, 7) is 2.84. The Bertz CT molecular complexity index is 1170. The van der Waals surface area contributed by atoms with Crippen LogP contribution in [0, 0.1) is 6.92 Å². The van der Waals surface area contributed by atoms with Gasteiger partial charge >= 0.3 is 5.97 Å². The van der Waals surface area contributed by atoms with Crippen molar-refractivity contribution in [3.8, 4) is 0 Å². The number of carbonyl (C=O) groups is 3. The molecule has 2 aromatic rings. The molecule has 0 N–H and O–H groups in total. The predicted octanol–water partition coefficient (Wildman–Crippen LogP) is 1.04. The number of fused-ring (bicyclic) bond motifs is 1. The summed E-state index contributed by atoms with van der Waals surface area (Å²) < 4.78 is 31.9. The Balaban J connectivity index is 1.83. The Kier molecular flexibility index (Phi) is 7.26. The third-order valence-corrected chi connectivity index (χ3v) is 7.38. The van der Waals surface area contributed by atoms with Gasteiger partial charge in [-0.15, -0.1) is 0 Å². The number of aromatic nitrogens is 1. The average molecular weight is 468 g/mol. The SMILES string of the molecule is COC(=O)Cn1c(=NC(=O)CS(=O)(=O)CC(=O)N2CCCCC2)sc2cc(C)ccc21. The number of hydrogen-bond donors (Lipinski definition) is 0. The van der Waals surface area contributed by atoms with Crippen molar-refractivity contribution in [2.24, 2.45) is 4.99 Å². The number of sulfone groups is 1. The summed E-state index contributed by atoms with van der Waals surface area (Å²) in [4.78, 5) is 42.2. The number of methoxy groups -OCH3 is 1. The summed E-state index contributed by atoms with van der Waals surface area (Å²) in [5, 5.41) is 0. The lowest BCUT2D eigenvalue weighted by Crippen LogP contribution is -2.40. The number of benzene rings is 1. The molecule has 1 aromatic heterocycles. The van der Waals surface area contributed by atoms with Crippen LogP contribution in [0.25, 0.3) is 10.2 Å². The van der Waals surface area contributed by atoms with Crippen LogP contribution in [-0.4, -0.2) is 67.4 Å². The molecule has 0 saturated carbocycles. The van der Waals surface area contributed by atoms with E-state index in [0.29, 0.717) is 18.6 Å². The zero-order chi connectivity index (χ0) is 22.6. The average Bonchev–Trinajstić information content (AvgIpc) is 3.03. The van der Waals surface area contributed by atoms with E-state index in [1.54, 1.807) is 0 Å². The summed E-state index contributed by atoms with van der Waals surface area (Å²) in [7, 11) is -2.70. The molecule has 0 unspecified atom stereocenters. The molecular formula is C20H25N3O6S2. The van der Waals surface area contributed by atoms with Gasteiger partial charge in [0.05, 0.1) is 17.3 Å². The predicted molar refractivity (Wildman–Crippen MR) is 116 cm³/mol. The first-order valence-electron chi connectivity index (χ1n) is 9.91. The van der Waals surface area contributed by atoms with Crippen LogP contribution in [0.5, 0.6) is 0 Å². The van der Waals surface area contributed by atoms with Gasteiger partial charge in [0.25, 0.3) is 5.91 Å². The molecule has 1 aliphatic rings. The highest BCUT2D eigenvalue weighted by Crippen LogP contribution is 2.19. The maximum atomic E-state index is 12.4. The second-order valence-electron chi connectivity index (χ2n) is 7.50. The lowest BCUT2D eigenvalue weighted by Gasteiger charge is -2.26. The number of rotatable bonds is 6. The molecule has 3 rings (SSSR count). The first-order chi connectivity index (χ1) is 14.7. The van der Waals surface area contributed by atoms with Gasteiger partial charge in [-0.1, -0.05) is 17.4 Å². The minimum absolute atomic E-state index is 0.161. The summed E-state index contributed by atoms with van der Waals surface area (Å²) in [6.07, 6.45) is 2.73. The number of nitrogens with zero attached hydrogens (tertiary/aromatic N) is 3. The van der Waals surface area contributed by atoms with Gasteiger partial charge in [-0.05, 0) is 43.9 Å². The van der Waals surface area contributed by atoms with E-state index in [1.807, 2.05) is 25.1 Å². The fraction of sp³-hybridized carbons (Fsp3) is 0.500. The molecule has 2 heterocycles. The van der Waals surface area contributed by atoms with E-state index >= 15 is 0 Å². The van der Waals surface area contributed by atoms with Gasteiger partial charge < -0.3 is 14.2 Å². The molecule has 0 spiro atoms. The number of amides is 2. The highest BCUT2D eigenvalue weighted by molar-refractivity contribution is 7.92. The van der Waals surface area contributed by atoms with E-state index in [4.69, 9.17) is 4.74 Å². The molecule has 0 radical (unpaired) electrons. The fourth-order valence-corrected chi connectivity index (χ4v) is 5.66. The maximum Gasteiger partial charge on any atom is 0.325 e. The molecule has 2 amide bonds. The van der Waals surface area contributed by atoms with Gasteiger partial charge in [-0.25, -0.2) is 8.42 Å². The van der Waals surface area contributed by atoms with Crippen LogP contribution < -0.4 is 4.80 Å². The van der Waals surface area contributed by atoms with E-state index in [9.17, 15) is 22.8 Å². The molecule has 1 aliphatic heterocycles. The van der Waals surface area contributed by atoms with Crippen LogP contribution in [0.15, 0.2) is 23.2 Å². The smallest absolute Gasteiger partial charge is 0.325 e.